The molecule has 4 heterocycles. The average molecular weight is 482 g/mol. The van der Waals surface area contributed by atoms with Crippen LogP contribution in [0.4, 0.5) is 5.69 Å². The minimum atomic E-state index is 0.0383. The SMILES string of the molecule is O=C(CSc1nc2sc3c(c2c(=O)n1CC1CCCO1)CCCC3)N1CCc2ccccc21. The summed E-state index contributed by atoms with van der Waals surface area (Å²) in [5, 5.41) is 1.44. The van der Waals surface area contributed by atoms with E-state index in [2.05, 4.69) is 6.07 Å². The molecule has 3 aliphatic rings. The number of aryl methyl sites for hydroxylation is 2. The largest absolute Gasteiger partial charge is 0.376 e. The van der Waals surface area contributed by atoms with Crippen LogP contribution in [0.2, 0.25) is 0 Å². The molecule has 2 aliphatic heterocycles. The molecule has 6 rings (SSSR count). The van der Waals surface area contributed by atoms with Crippen molar-refractivity contribution in [2.75, 3.05) is 23.8 Å². The first-order valence-corrected chi connectivity index (χ1v) is 13.7. The van der Waals surface area contributed by atoms with Crippen LogP contribution in [0.3, 0.4) is 0 Å². The van der Waals surface area contributed by atoms with E-state index in [1.54, 1.807) is 15.9 Å². The summed E-state index contributed by atoms with van der Waals surface area (Å²) in [6.45, 7) is 1.97. The van der Waals surface area contributed by atoms with Gasteiger partial charge in [-0.1, -0.05) is 30.0 Å². The molecule has 1 saturated heterocycles. The third kappa shape index (κ3) is 3.92. The molecule has 1 aromatic carbocycles. The first-order valence-electron chi connectivity index (χ1n) is 11.9. The number of carbonyl (C=O) groups is 1. The summed E-state index contributed by atoms with van der Waals surface area (Å²) >= 11 is 3.05. The van der Waals surface area contributed by atoms with Gasteiger partial charge in [0, 0.05) is 23.7 Å². The van der Waals surface area contributed by atoms with Gasteiger partial charge in [0.05, 0.1) is 23.8 Å². The number of hydrogen-bond donors (Lipinski definition) is 0. The van der Waals surface area contributed by atoms with E-state index < -0.39 is 0 Å². The molecule has 0 radical (unpaired) electrons. The lowest BCUT2D eigenvalue weighted by atomic mass is 9.97. The second-order valence-corrected chi connectivity index (χ2v) is 11.1. The first-order chi connectivity index (χ1) is 16.2. The van der Waals surface area contributed by atoms with Gasteiger partial charge < -0.3 is 9.64 Å². The van der Waals surface area contributed by atoms with E-state index in [-0.39, 0.29) is 23.3 Å². The molecule has 6 nitrogen and oxygen atoms in total. The van der Waals surface area contributed by atoms with Gasteiger partial charge in [-0.05, 0) is 62.1 Å². The van der Waals surface area contributed by atoms with E-state index in [1.165, 1.54) is 34.2 Å². The van der Waals surface area contributed by atoms with Crippen LogP contribution in [0.15, 0.2) is 34.2 Å². The van der Waals surface area contributed by atoms with Crippen LogP contribution in [0.1, 0.15) is 41.7 Å². The number of hydrogen-bond acceptors (Lipinski definition) is 6. The zero-order valence-electron chi connectivity index (χ0n) is 18.5. The van der Waals surface area contributed by atoms with Crippen molar-refractivity contribution in [2.45, 2.75) is 62.8 Å². The van der Waals surface area contributed by atoms with Gasteiger partial charge in [-0.15, -0.1) is 11.3 Å². The minimum absolute atomic E-state index is 0.0383. The number of thiophene rings is 1. The van der Waals surface area contributed by atoms with Crippen molar-refractivity contribution in [3.63, 3.8) is 0 Å². The van der Waals surface area contributed by atoms with E-state index >= 15 is 0 Å². The maximum Gasteiger partial charge on any atom is 0.263 e. The Morgan fingerprint density at radius 3 is 2.94 bits per heavy atom. The smallest absolute Gasteiger partial charge is 0.263 e. The Bertz CT molecular complexity index is 1280. The van der Waals surface area contributed by atoms with E-state index in [9.17, 15) is 9.59 Å². The van der Waals surface area contributed by atoms with Crippen LogP contribution in [-0.2, 0) is 35.3 Å². The molecule has 1 unspecified atom stereocenters. The molecule has 1 aliphatic carbocycles. The number of para-hydroxylation sites is 1. The monoisotopic (exact) mass is 481 g/mol. The van der Waals surface area contributed by atoms with Gasteiger partial charge in [-0.25, -0.2) is 4.98 Å². The van der Waals surface area contributed by atoms with E-state index in [0.717, 1.165) is 61.0 Å². The van der Waals surface area contributed by atoms with Crippen LogP contribution in [0.5, 0.6) is 0 Å². The van der Waals surface area contributed by atoms with Crippen molar-refractivity contribution in [2.24, 2.45) is 0 Å². The quantitative estimate of drug-likeness (QED) is 0.404. The topological polar surface area (TPSA) is 64.4 Å². The van der Waals surface area contributed by atoms with Gasteiger partial charge in [0.15, 0.2) is 5.16 Å². The Balaban J connectivity index is 1.32. The zero-order chi connectivity index (χ0) is 22.4. The van der Waals surface area contributed by atoms with Gasteiger partial charge in [-0.2, -0.15) is 0 Å². The molecular formula is C25H27N3O3S2. The Kier molecular flexibility index (Phi) is 5.76. The minimum Gasteiger partial charge on any atom is -0.376 e. The molecule has 1 fully saturated rings. The predicted octanol–water partition coefficient (Wildman–Crippen LogP) is 4.20. The van der Waals surface area contributed by atoms with Crippen molar-refractivity contribution in [3.05, 3.63) is 50.6 Å². The maximum absolute atomic E-state index is 13.7. The summed E-state index contributed by atoms with van der Waals surface area (Å²) in [6, 6.07) is 8.10. The summed E-state index contributed by atoms with van der Waals surface area (Å²) < 4.78 is 7.64. The summed E-state index contributed by atoms with van der Waals surface area (Å²) in [7, 11) is 0. The van der Waals surface area contributed by atoms with Crippen molar-refractivity contribution >= 4 is 44.9 Å². The fraction of sp³-hybridized carbons (Fsp3) is 0.480. The van der Waals surface area contributed by atoms with Gasteiger partial charge >= 0.3 is 0 Å². The lowest BCUT2D eigenvalue weighted by Gasteiger charge is -2.19. The molecule has 2 aromatic heterocycles. The lowest BCUT2D eigenvalue weighted by Crippen LogP contribution is -2.32. The van der Waals surface area contributed by atoms with Crippen molar-refractivity contribution < 1.29 is 9.53 Å². The summed E-state index contributed by atoms with van der Waals surface area (Å²) in [4.78, 5) is 35.8. The second kappa shape index (κ2) is 8.89. The van der Waals surface area contributed by atoms with Crippen LogP contribution in [0.25, 0.3) is 10.2 Å². The molecule has 33 heavy (non-hydrogen) atoms. The molecule has 0 saturated carbocycles. The van der Waals surface area contributed by atoms with Gasteiger partial charge in [-0.3, -0.25) is 14.2 Å². The van der Waals surface area contributed by atoms with Gasteiger partial charge in [0.1, 0.15) is 4.83 Å². The second-order valence-electron chi connectivity index (χ2n) is 9.05. The van der Waals surface area contributed by atoms with E-state index in [1.807, 2.05) is 23.1 Å². The highest BCUT2D eigenvalue weighted by Gasteiger charge is 2.27. The normalized spacial score (nSPS) is 19.8. The number of carbonyl (C=O) groups excluding carboxylic acids is 1. The average Bonchev–Trinajstić information content (AvgIpc) is 3.57. The van der Waals surface area contributed by atoms with Crippen LogP contribution in [-0.4, -0.2) is 40.5 Å². The number of amides is 1. The molecule has 8 heteroatoms. The Labute approximate surface area is 201 Å². The Morgan fingerprint density at radius 2 is 2.06 bits per heavy atom. The predicted molar refractivity (Wildman–Crippen MR) is 133 cm³/mol. The number of nitrogens with zero attached hydrogens (tertiary/aromatic N) is 3. The molecule has 3 aromatic rings. The summed E-state index contributed by atoms with van der Waals surface area (Å²) in [5.41, 5.74) is 3.47. The third-order valence-corrected chi connectivity index (χ3v) is 9.11. The summed E-state index contributed by atoms with van der Waals surface area (Å²) in [5.74, 6) is 0.330. The Hall–Kier alpha value is -2.16. The highest BCUT2D eigenvalue weighted by molar-refractivity contribution is 7.99. The lowest BCUT2D eigenvalue weighted by molar-refractivity contribution is -0.116. The fourth-order valence-corrected chi connectivity index (χ4v) is 7.47. The number of ether oxygens (including phenoxy) is 1. The van der Waals surface area contributed by atoms with Gasteiger partial charge in [0.2, 0.25) is 5.91 Å². The van der Waals surface area contributed by atoms with Crippen molar-refractivity contribution in [3.8, 4) is 0 Å². The zero-order valence-corrected chi connectivity index (χ0v) is 20.2. The maximum atomic E-state index is 13.7. The van der Waals surface area contributed by atoms with Gasteiger partial charge in [0.25, 0.3) is 5.56 Å². The molecule has 172 valence electrons. The van der Waals surface area contributed by atoms with Crippen molar-refractivity contribution in [1.29, 1.82) is 0 Å². The number of fused-ring (bicyclic) bond motifs is 4. The van der Waals surface area contributed by atoms with E-state index in [0.29, 0.717) is 18.2 Å². The molecule has 1 amide bonds. The first kappa shape index (κ1) is 21.4. The fourth-order valence-electron chi connectivity index (χ4n) is 5.28. The number of aromatic nitrogens is 2. The van der Waals surface area contributed by atoms with Crippen LogP contribution >= 0.6 is 23.1 Å². The summed E-state index contributed by atoms with van der Waals surface area (Å²) in [6.07, 6.45) is 7.22. The van der Waals surface area contributed by atoms with E-state index in [4.69, 9.17) is 9.72 Å². The number of benzene rings is 1. The molecular weight excluding hydrogens is 454 g/mol. The number of rotatable bonds is 5. The molecule has 0 N–H and O–H groups in total. The standard InChI is InChI=1S/C25H27N3O3S2/c29-21(27-12-11-16-6-1-3-9-19(16)27)15-32-25-26-23-22(18-8-2-4-10-20(18)33-23)24(30)28(25)14-17-7-5-13-31-17/h1,3,6,9,17H,2,4-5,7-8,10-15H2. The third-order valence-electron chi connectivity index (χ3n) is 6.96. The molecule has 0 spiro atoms. The molecule has 0 bridgehead atoms. The number of thioether (sulfide) groups is 1. The molecule has 1 atom stereocenters. The number of anilines is 1. The van der Waals surface area contributed by atoms with Crippen LogP contribution in [0, 0.1) is 0 Å². The van der Waals surface area contributed by atoms with Crippen LogP contribution < -0.4 is 10.5 Å². The van der Waals surface area contributed by atoms with Crippen molar-refractivity contribution in [1.82, 2.24) is 9.55 Å². The Morgan fingerprint density at radius 1 is 1.18 bits per heavy atom. The highest BCUT2D eigenvalue weighted by Crippen LogP contribution is 2.35. The highest BCUT2D eigenvalue weighted by atomic mass is 32.2.